The molecule has 1 aromatic carbocycles. The van der Waals surface area contributed by atoms with Crippen LogP contribution in [0.5, 0.6) is 17.4 Å². The molecule has 150 valence electrons. The molecule has 0 atom stereocenters. The Bertz CT molecular complexity index is 1380. The molecule has 0 aliphatic carbocycles. The summed E-state index contributed by atoms with van der Waals surface area (Å²) in [4.78, 5) is 25.0. The van der Waals surface area contributed by atoms with Crippen LogP contribution in [-0.4, -0.2) is 20.6 Å². The van der Waals surface area contributed by atoms with Gasteiger partial charge in [0.1, 0.15) is 18.5 Å². The van der Waals surface area contributed by atoms with E-state index in [9.17, 15) is 14.0 Å². The van der Waals surface area contributed by atoms with Gasteiger partial charge in [0.2, 0.25) is 5.88 Å². The highest BCUT2D eigenvalue weighted by Crippen LogP contribution is 2.33. The summed E-state index contributed by atoms with van der Waals surface area (Å²) in [6, 6.07) is 14.2. The lowest BCUT2D eigenvalue weighted by molar-refractivity contribution is 0.280. The summed E-state index contributed by atoms with van der Waals surface area (Å²) >= 11 is 0. The number of H-pyrrole nitrogens is 1. The topological polar surface area (TPSA) is 102 Å². The maximum absolute atomic E-state index is 13.8. The Morgan fingerprint density at radius 1 is 1.10 bits per heavy atom. The molecule has 3 heterocycles. The first-order valence-electron chi connectivity index (χ1n) is 8.95. The number of nitrogens with zero attached hydrogens (tertiary/aromatic N) is 3. The van der Waals surface area contributed by atoms with Gasteiger partial charge in [-0.25, -0.2) is 9.18 Å². The predicted octanol–water partition coefficient (Wildman–Crippen LogP) is 2.67. The van der Waals surface area contributed by atoms with Crippen molar-refractivity contribution in [2.75, 3.05) is 6.61 Å². The highest BCUT2D eigenvalue weighted by Gasteiger charge is 2.11. The normalized spacial score (nSPS) is 10.7. The predicted molar refractivity (Wildman–Crippen MR) is 105 cm³/mol. The number of aromatic amines is 1. The van der Waals surface area contributed by atoms with Crippen molar-refractivity contribution < 1.29 is 13.9 Å². The first-order valence-corrected chi connectivity index (χ1v) is 8.95. The Hall–Kier alpha value is -4.32. The lowest BCUT2D eigenvalue weighted by atomic mass is 10.3. The van der Waals surface area contributed by atoms with Gasteiger partial charge >= 0.3 is 5.69 Å². The number of rotatable bonds is 6. The van der Waals surface area contributed by atoms with E-state index < -0.39 is 17.1 Å². The van der Waals surface area contributed by atoms with Gasteiger partial charge in [-0.2, -0.15) is 5.26 Å². The summed E-state index contributed by atoms with van der Waals surface area (Å²) < 4.78 is 28.3. The molecule has 0 aliphatic rings. The number of aromatic nitrogens is 3. The van der Waals surface area contributed by atoms with Crippen LogP contribution in [0.15, 0.2) is 70.5 Å². The van der Waals surface area contributed by atoms with Crippen LogP contribution in [0.3, 0.4) is 0 Å². The average Bonchev–Trinajstić information content (AvgIpc) is 3.16. The fourth-order valence-corrected chi connectivity index (χ4v) is 2.92. The first-order chi connectivity index (χ1) is 14.5. The summed E-state index contributed by atoms with van der Waals surface area (Å²) in [7, 11) is 0. The molecule has 0 fully saturated rings. The lowest BCUT2D eigenvalue weighted by Crippen LogP contribution is -2.30. The van der Waals surface area contributed by atoms with Gasteiger partial charge in [-0.3, -0.25) is 18.7 Å². The van der Waals surface area contributed by atoms with Crippen LogP contribution in [0, 0.1) is 17.1 Å². The van der Waals surface area contributed by atoms with Crippen molar-refractivity contribution in [3.05, 3.63) is 93.1 Å². The minimum Gasteiger partial charge on any atom is -0.488 e. The Kier molecular flexibility index (Phi) is 5.05. The van der Waals surface area contributed by atoms with Crippen LogP contribution in [0.1, 0.15) is 5.56 Å². The first kappa shape index (κ1) is 19.0. The van der Waals surface area contributed by atoms with E-state index >= 15 is 0 Å². The third-order valence-corrected chi connectivity index (χ3v) is 4.33. The second-order valence-electron chi connectivity index (χ2n) is 6.34. The molecule has 0 amide bonds. The molecule has 3 aromatic heterocycles. The van der Waals surface area contributed by atoms with Gasteiger partial charge in [0.25, 0.3) is 5.56 Å². The number of fused-ring (bicyclic) bond motifs is 1. The molecule has 0 spiro atoms. The van der Waals surface area contributed by atoms with Crippen LogP contribution in [0.4, 0.5) is 4.39 Å². The average molecular weight is 406 g/mol. The maximum Gasteiger partial charge on any atom is 0.328 e. The molecule has 0 saturated carbocycles. The highest BCUT2D eigenvalue weighted by atomic mass is 19.1. The molecule has 4 aromatic rings. The van der Waals surface area contributed by atoms with Gasteiger partial charge in [-0.05, 0) is 30.3 Å². The van der Waals surface area contributed by atoms with Crippen molar-refractivity contribution in [2.24, 2.45) is 0 Å². The smallest absolute Gasteiger partial charge is 0.328 e. The quantitative estimate of drug-likeness (QED) is 0.531. The molecule has 8 nitrogen and oxygen atoms in total. The molecular formula is C21H15FN4O4. The number of hydrogen-bond donors (Lipinski definition) is 1. The Morgan fingerprint density at radius 2 is 1.97 bits per heavy atom. The van der Waals surface area contributed by atoms with Crippen LogP contribution in [0.25, 0.3) is 5.52 Å². The Labute approximate surface area is 169 Å². The van der Waals surface area contributed by atoms with Gasteiger partial charge < -0.3 is 9.47 Å². The number of nitriles is 1. The van der Waals surface area contributed by atoms with Gasteiger partial charge in [0.15, 0.2) is 11.5 Å². The second kappa shape index (κ2) is 7.97. The van der Waals surface area contributed by atoms with E-state index in [2.05, 4.69) is 11.1 Å². The van der Waals surface area contributed by atoms with E-state index in [0.29, 0.717) is 11.4 Å². The zero-order valence-electron chi connectivity index (χ0n) is 15.5. The summed E-state index contributed by atoms with van der Waals surface area (Å²) in [6.45, 7) is 0.183. The zero-order valence-corrected chi connectivity index (χ0v) is 15.5. The minimum absolute atomic E-state index is 0.0397. The fourth-order valence-electron chi connectivity index (χ4n) is 2.92. The summed E-state index contributed by atoms with van der Waals surface area (Å²) in [5.41, 5.74) is 0.199. The summed E-state index contributed by atoms with van der Waals surface area (Å²) in [5, 5.41) is 9.11. The largest absolute Gasteiger partial charge is 0.488 e. The van der Waals surface area contributed by atoms with E-state index in [4.69, 9.17) is 14.7 Å². The van der Waals surface area contributed by atoms with Gasteiger partial charge in [-0.15, -0.1) is 0 Å². The number of ether oxygens (including phenoxy) is 2. The number of pyridine rings is 1. The molecule has 1 N–H and O–H groups in total. The van der Waals surface area contributed by atoms with Gasteiger partial charge in [-0.1, -0.05) is 6.07 Å². The van der Waals surface area contributed by atoms with Crippen molar-refractivity contribution in [3.8, 4) is 23.4 Å². The van der Waals surface area contributed by atoms with E-state index in [-0.39, 0.29) is 24.7 Å². The van der Waals surface area contributed by atoms with Crippen LogP contribution < -0.4 is 20.7 Å². The number of benzene rings is 1. The molecular weight excluding hydrogens is 391 g/mol. The maximum atomic E-state index is 13.8. The monoisotopic (exact) mass is 406 g/mol. The van der Waals surface area contributed by atoms with Crippen molar-refractivity contribution in [3.63, 3.8) is 0 Å². The van der Waals surface area contributed by atoms with Gasteiger partial charge in [0, 0.05) is 30.0 Å². The molecule has 0 aliphatic heterocycles. The van der Waals surface area contributed by atoms with E-state index in [1.807, 2.05) is 6.07 Å². The summed E-state index contributed by atoms with van der Waals surface area (Å²) in [5.74, 6) is 0.328. The third-order valence-electron chi connectivity index (χ3n) is 4.33. The molecule has 0 radical (unpaired) electrons. The van der Waals surface area contributed by atoms with Crippen molar-refractivity contribution in [1.29, 1.82) is 5.26 Å². The van der Waals surface area contributed by atoms with Crippen LogP contribution in [0.2, 0.25) is 0 Å². The molecule has 0 unspecified atom stereocenters. The van der Waals surface area contributed by atoms with Crippen molar-refractivity contribution in [2.45, 2.75) is 6.54 Å². The Morgan fingerprint density at radius 3 is 2.77 bits per heavy atom. The lowest BCUT2D eigenvalue weighted by Gasteiger charge is -2.14. The van der Waals surface area contributed by atoms with Crippen LogP contribution >= 0.6 is 0 Å². The SMILES string of the molecule is N#Cc1cc2cccc(Oc3ccc(F)cc3OCCn3ccc(=O)[nH]c3=O)n2c1. The highest BCUT2D eigenvalue weighted by molar-refractivity contribution is 5.56. The van der Waals surface area contributed by atoms with Crippen LogP contribution in [-0.2, 0) is 6.54 Å². The standard InChI is InChI=1S/C21H15FN4O4/c22-15-4-5-17(30-20-3-1-2-16-10-14(12-23)13-26(16)20)18(11-15)29-9-8-25-7-6-19(27)24-21(25)28/h1-7,10-11,13H,8-9H2,(H,24,27,28). The fraction of sp³-hybridized carbons (Fsp3) is 0.0952. The van der Waals surface area contributed by atoms with E-state index in [1.54, 1.807) is 28.8 Å². The third kappa shape index (κ3) is 3.93. The summed E-state index contributed by atoms with van der Waals surface area (Å²) in [6.07, 6.45) is 2.99. The van der Waals surface area contributed by atoms with Gasteiger partial charge in [0.05, 0.1) is 12.1 Å². The minimum atomic E-state index is -0.561. The van der Waals surface area contributed by atoms with E-state index in [0.717, 1.165) is 5.52 Å². The molecule has 0 saturated heterocycles. The van der Waals surface area contributed by atoms with Crippen molar-refractivity contribution >= 4 is 5.52 Å². The second-order valence-corrected chi connectivity index (χ2v) is 6.34. The molecule has 4 rings (SSSR count). The number of halogens is 1. The van der Waals surface area contributed by atoms with Crippen molar-refractivity contribution in [1.82, 2.24) is 14.0 Å². The molecule has 30 heavy (non-hydrogen) atoms. The number of hydrogen-bond acceptors (Lipinski definition) is 5. The zero-order chi connectivity index (χ0) is 21.1. The molecule has 0 bridgehead atoms. The van der Waals surface area contributed by atoms with E-state index in [1.165, 1.54) is 35.0 Å². The molecule has 9 heteroatoms. The Balaban J connectivity index is 1.57. The number of nitrogens with one attached hydrogen (secondary N) is 1.